The van der Waals surface area contributed by atoms with Crippen LogP contribution in [0, 0.1) is 0 Å². The quantitative estimate of drug-likeness (QED) is 0.640. The molecule has 0 aromatic heterocycles. The number of hydrogen-bond donors (Lipinski definition) is 0. The molecule has 2 fully saturated rings. The number of carbonyl (C=O) groups excluding carboxylic acids is 1. The molecule has 2 aliphatic rings. The first-order valence-corrected chi connectivity index (χ1v) is 5.64. The van der Waals surface area contributed by atoms with Gasteiger partial charge in [0, 0.05) is 18.5 Å². The second-order valence-corrected chi connectivity index (χ2v) is 4.37. The van der Waals surface area contributed by atoms with Gasteiger partial charge < -0.3 is 4.90 Å². The fourth-order valence-corrected chi connectivity index (χ4v) is 2.89. The fourth-order valence-electron chi connectivity index (χ4n) is 2.89. The number of carbonyl (C=O) groups is 1. The highest BCUT2D eigenvalue weighted by Gasteiger charge is 2.37. The average molecular weight is 181 g/mol. The van der Waals surface area contributed by atoms with Crippen molar-refractivity contribution in [3.05, 3.63) is 0 Å². The highest BCUT2D eigenvalue weighted by molar-refractivity contribution is 5.79. The highest BCUT2D eigenvalue weighted by Crippen LogP contribution is 2.33. The molecule has 1 amide bonds. The minimum atomic E-state index is 0.420. The Kier molecular flexibility index (Phi) is 2.56. The molecule has 13 heavy (non-hydrogen) atoms. The van der Waals surface area contributed by atoms with Crippen LogP contribution in [-0.4, -0.2) is 22.9 Å². The Balaban J connectivity index is 2.05. The molecular formula is C11H19NO. The lowest BCUT2D eigenvalue weighted by molar-refractivity contribution is -0.132. The second-order valence-electron chi connectivity index (χ2n) is 4.37. The molecule has 2 nitrogen and oxygen atoms in total. The van der Waals surface area contributed by atoms with E-state index in [9.17, 15) is 4.79 Å². The number of hydrogen-bond acceptors (Lipinski definition) is 1. The third-order valence-corrected chi connectivity index (χ3v) is 3.46. The molecule has 2 heterocycles. The van der Waals surface area contributed by atoms with Gasteiger partial charge in [-0.25, -0.2) is 0 Å². The van der Waals surface area contributed by atoms with Crippen molar-refractivity contribution in [1.29, 1.82) is 0 Å². The largest absolute Gasteiger partial charge is 0.337 e. The molecule has 2 heteroatoms. The lowest BCUT2D eigenvalue weighted by Crippen LogP contribution is -2.44. The SMILES string of the molecule is CCC[C@@H]1CCC[C@@H]2CCC(=O)N12. The third-order valence-electron chi connectivity index (χ3n) is 3.46. The smallest absolute Gasteiger partial charge is 0.223 e. The summed E-state index contributed by atoms with van der Waals surface area (Å²) in [6.45, 7) is 2.21. The number of piperidine rings is 1. The van der Waals surface area contributed by atoms with Crippen LogP contribution in [0.4, 0.5) is 0 Å². The molecule has 2 rings (SSSR count). The summed E-state index contributed by atoms with van der Waals surface area (Å²) in [6, 6.07) is 1.19. The number of amides is 1. The van der Waals surface area contributed by atoms with Crippen LogP contribution in [0.15, 0.2) is 0 Å². The van der Waals surface area contributed by atoms with Gasteiger partial charge in [0.1, 0.15) is 0 Å². The zero-order valence-electron chi connectivity index (χ0n) is 8.46. The van der Waals surface area contributed by atoms with E-state index >= 15 is 0 Å². The van der Waals surface area contributed by atoms with Gasteiger partial charge >= 0.3 is 0 Å². The van der Waals surface area contributed by atoms with Crippen molar-refractivity contribution >= 4 is 5.91 Å². The van der Waals surface area contributed by atoms with Gasteiger partial charge in [0.25, 0.3) is 0 Å². The second kappa shape index (κ2) is 3.69. The Morgan fingerprint density at radius 3 is 3.00 bits per heavy atom. The molecule has 2 saturated heterocycles. The summed E-state index contributed by atoms with van der Waals surface area (Å²) in [5.74, 6) is 0.420. The molecular weight excluding hydrogens is 162 g/mol. The van der Waals surface area contributed by atoms with Crippen LogP contribution in [0.1, 0.15) is 51.9 Å². The monoisotopic (exact) mass is 181 g/mol. The summed E-state index contributed by atoms with van der Waals surface area (Å²) >= 11 is 0. The molecule has 2 atom stereocenters. The Morgan fingerprint density at radius 1 is 1.38 bits per heavy atom. The predicted octanol–water partition coefficient (Wildman–Crippen LogP) is 2.33. The molecule has 74 valence electrons. The van der Waals surface area contributed by atoms with Crippen molar-refractivity contribution in [3.63, 3.8) is 0 Å². The van der Waals surface area contributed by atoms with Gasteiger partial charge in [-0.05, 0) is 32.1 Å². The van der Waals surface area contributed by atoms with Gasteiger partial charge in [-0.15, -0.1) is 0 Å². The van der Waals surface area contributed by atoms with Gasteiger partial charge in [-0.2, -0.15) is 0 Å². The Hall–Kier alpha value is -0.530. The first-order chi connectivity index (χ1) is 6.33. The summed E-state index contributed by atoms with van der Waals surface area (Å²) in [5.41, 5.74) is 0. The zero-order valence-corrected chi connectivity index (χ0v) is 8.46. The maximum Gasteiger partial charge on any atom is 0.223 e. The predicted molar refractivity (Wildman–Crippen MR) is 52.4 cm³/mol. The molecule has 0 aromatic carbocycles. The number of rotatable bonds is 2. The standard InChI is InChI=1S/C11H19NO/c1-2-4-9-5-3-6-10-7-8-11(13)12(9)10/h9-10H,2-8H2,1H3/t9-,10-/m1/s1. The van der Waals surface area contributed by atoms with Gasteiger partial charge in [-0.1, -0.05) is 13.3 Å². The molecule has 0 unspecified atom stereocenters. The van der Waals surface area contributed by atoms with Crippen LogP contribution >= 0.6 is 0 Å². The summed E-state index contributed by atoms with van der Waals surface area (Å²) in [4.78, 5) is 13.8. The summed E-state index contributed by atoms with van der Waals surface area (Å²) in [7, 11) is 0. The first-order valence-electron chi connectivity index (χ1n) is 5.64. The molecule has 0 bridgehead atoms. The fraction of sp³-hybridized carbons (Fsp3) is 0.909. The van der Waals surface area contributed by atoms with Crippen molar-refractivity contribution in [2.45, 2.75) is 64.0 Å². The molecule has 2 aliphatic heterocycles. The van der Waals surface area contributed by atoms with Crippen molar-refractivity contribution in [3.8, 4) is 0 Å². The van der Waals surface area contributed by atoms with Crippen molar-refractivity contribution < 1.29 is 4.79 Å². The molecule has 0 spiro atoms. The van der Waals surface area contributed by atoms with Crippen LogP contribution in [0.3, 0.4) is 0 Å². The van der Waals surface area contributed by atoms with Crippen LogP contribution in [0.2, 0.25) is 0 Å². The molecule has 0 saturated carbocycles. The molecule has 0 aliphatic carbocycles. The number of fused-ring (bicyclic) bond motifs is 1. The van der Waals surface area contributed by atoms with E-state index in [0.29, 0.717) is 18.0 Å². The maximum atomic E-state index is 11.6. The van der Waals surface area contributed by atoms with Crippen molar-refractivity contribution in [2.75, 3.05) is 0 Å². The van der Waals surface area contributed by atoms with Crippen molar-refractivity contribution in [1.82, 2.24) is 4.90 Å². The molecule has 0 aromatic rings. The summed E-state index contributed by atoms with van der Waals surface area (Å²) in [5, 5.41) is 0. The third kappa shape index (κ3) is 1.59. The highest BCUT2D eigenvalue weighted by atomic mass is 16.2. The van der Waals surface area contributed by atoms with Crippen LogP contribution < -0.4 is 0 Å². The van der Waals surface area contributed by atoms with Gasteiger partial charge in [0.2, 0.25) is 5.91 Å². The first kappa shape index (κ1) is 9.04. The van der Waals surface area contributed by atoms with Crippen molar-refractivity contribution in [2.24, 2.45) is 0 Å². The zero-order chi connectivity index (χ0) is 9.26. The van der Waals surface area contributed by atoms with E-state index in [-0.39, 0.29) is 0 Å². The summed E-state index contributed by atoms with van der Waals surface area (Å²) < 4.78 is 0. The van der Waals surface area contributed by atoms with E-state index in [1.54, 1.807) is 0 Å². The maximum absolute atomic E-state index is 11.6. The van der Waals surface area contributed by atoms with Gasteiger partial charge in [0.15, 0.2) is 0 Å². The number of nitrogens with zero attached hydrogens (tertiary/aromatic N) is 1. The average Bonchev–Trinajstić information content (AvgIpc) is 2.50. The minimum absolute atomic E-state index is 0.420. The Bertz CT molecular complexity index is 200. The molecule has 0 radical (unpaired) electrons. The van der Waals surface area contributed by atoms with Gasteiger partial charge in [-0.3, -0.25) is 4.79 Å². The van der Waals surface area contributed by atoms with E-state index in [0.717, 1.165) is 12.8 Å². The Morgan fingerprint density at radius 2 is 2.23 bits per heavy atom. The van der Waals surface area contributed by atoms with E-state index in [1.165, 1.54) is 32.1 Å². The van der Waals surface area contributed by atoms with Gasteiger partial charge in [0.05, 0.1) is 0 Å². The minimum Gasteiger partial charge on any atom is -0.337 e. The van der Waals surface area contributed by atoms with Crippen LogP contribution in [0.5, 0.6) is 0 Å². The van der Waals surface area contributed by atoms with E-state index in [4.69, 9.17) is 0 Å². The van der Waals surface area contributed by atoms with E-state index in [1.807, 2.05) is 0 Å². The topological polar surface area (TPSA) is 20.3 Å². The van der Waals surface area contributed by atoms with Crippen LogP contribution in [0.25, 0.3) is 0 Å². The van der Waals surface area contributed by atoms with Crippen LogP contribution in [-0.2, 0) is 4.79 Å². The van der Waals surface area contributed by atoms with E-state index in [2.05, 4.69) is 11.8 Å². The summed E-state index contributed by atoms with van der Waals surface area (Å²) in [6.07, 6.45) is 8.19. The molecule has 0 N–H and O–H groups in total. The normalized spacial score (nSPS) is 33.6. The van der Waals surface area contributed by atoms with E-state index < -0.39 is 0 Å². The Labute approximate surface area is 80.3 Å². The lowest BCUT2D eigenvalue weighted by atomic mass is 9.94. The lowest BCUT2D eigenvalue weighted by Gasteiger charge is -2.37.